The Morgan fingerprint density at radius 3 is 2.78 bits per heavy atom. The van der Waals surface area contributed by atoms with Gasteiger partial charge in [-0.05, 0) is 43.0 Å². The van der Waals surface area contributed by atoms with Crippen molar-refractivity contribution < 1.29 is 14.1 Å². The van der Waals surface area contributed by atoms with Gasteiger partial charge in [0.25, 0.3) is 5.89 Å². The normalized spacial score (nSPS) is 14.3. The first-order chi connectivity index (χ1) is 15.5. The second-order valence-electron chi connectivity index (χ2n) is 7.14. The Morgan fingerprint density at radius 1 is 1.38 bits per heavy atom. The SMILES string of the molecule is C=C(OCC)/C(C#N)=C\C(=C/N)c1nc(-c2ccc3c(c2)CCN(C(=O)CN)CC3)no1. The largest absolute Gasteiger partial charge is 0.493 e. The fraction of sp³-hybridized carbons (Fsp3) is 0.304. The van der Waals surface area contributed by atoms with Gasteiger partial charge >= 0.3 is 0 Å². The molecule has 0 unspecified atom stereocenters. The second kappa shape index (κ2) is 10.4. The summed E-state index contributed by atoms with van der Waals surface area (Å²) in [6.45, 7) is 7.23. The molecule has 0 spiro atoms. The number of ether oxygens (including phenoxy) is 1. The van der Waals surface area contributed by atoms with Gasteiger partial charge < -0.3 is 25.6 Å². The van der Waals surface area contributed by atoms with Crippen LogP contribution in [-0.4, -0.2) is 47.2 Å². The van der Waals surface area contributed by atoms with Crippen molar-refractivity contribution in [3.8, 4) is 17.5 Å². The number of carbonyl (C=O) groups is 1. The molecule has 0 aliphatic carbocycles. The van der Waals surface area contributed by atoms with Crippen molar-refractivity contribution in [2.45, 2.75) is 19.8 Å². The van der Waals surface area contributed by atoms with E-state index in [0.717, 1.165) is 24.0 Å². The van der Waals surface area contributed by atoms with Crippen LogP contribution in [0.5, 0.6) is 0 Å². The fourth-order valence-electron chi connectivity index (χ4n) is 3.46. The number of benzene rings is 1. The number of aromatic nitrogens is 2. The predicted octanol–water partition coefficient (Wildman–Crippen LogP) is 1.92. The van der Waals surface area contributed by atoms with Gasteiger partial charge in [-0.2, -0.15) is 10.2 Å². The number of amides is 1. The van der Waals surface area contributed by atoms with E-state index in [0.29, 0.717) is 31.1 Å². The molecule has 1 aromatic heterocycles. The average molecular weight is 435 g/mol. The van der Waals surface area contributed by atoms with Crippen molar-refractivity contribution in [2.75, 3.05) is 26.2 Å². The van der Waals surface area contributed by atoms with Gasteiger partial charge in [0.2, 0.25) is 11.7 Å². The summed E-state index contributed by atoms with van der Waals surface area (Å²) in [6.07, 6.45) is 4.27. The van der Waals surface area contributed by atoms with Crippen molar-refractivity contribution in [3.05, 3.63) is 65.4 Å². The average Bonchev–Trinajstić information content (AvgIpc) is 3.20. The molecule has 0 radical (unpaired) electrons. The minimum atomic E-state index is -0.0428. The molecule has 0 saturated heterocycles. The lowest BCUT2D eigenvalue weighted by Gasteiger charge is -2.18. The van der Waals surface area contributed by atoms with Crippen molar-refractivity contribution in [3.63, 3.8) is 0 Å². The monoisotopic (exact) mass is 434 g/mol. The van der Waals surface area contributed by atoms with Gasteiger partial charge in [-0.15, -0.1) is 0 Å². The van der Waals surface area contributed by atoms with Crippen LogP contribution in [0, 0.1) is 11.3 Å². The zero-order valence-electron chi connectivity index (χ0n) is 18.0. The molecule has 1 aliphatic rings. The fourth-order valence-corrected chi connectivity index (χ4v) is 3.46. The van der Waals surface area contributed by atoms with Crippen LogP contribution in [0.2, 0.25) is 0 Å². The first kappa shape index (κ1) is 22.8. The predicted molar refractivity (Wildman–Crippen MR) is 119 cm³/mol. The molecule has 1 amide bonds. The van der Waals surface area contributed by atoms with Gasteiger partial charge in [-0.3, -0.25) is 4.79 Å². The quantitative estimate of drug-likeness (QED) is 0.382. The summed E-state index contributed by atoms with van der Waals surface area (Å²) in [7, 11) is 0. The maximum atomic E-state index is 11.9. The number of hydrogen-bond donors (Lipinski definition) is 2. The molecule has 32 heavy (non-hydrogen) atoms. The molecule has 9 heteroatoms. The first-order valence-corrected chi connectivity index (χ1v) is 10.3. The molecule has 1 aromatic carbocycles. The van der Waals surface area contributed by atoms with Crippen molar-refractivity contribution in [1.29, 1.82) is 5.26 Å². The van der Waals surface area contributed by atoms with Gasteiger partial charge in [-0.25, -0.2) is 0 Å². The molecule has 9 nitrogen and oxygen atoms in total. The van der Waals surface area contributed by atoms with Crippen LogP contribution >= 0.6 is 0 Å². The van der Waals surface area contributed by atoms with Gasteiger partial charge in [0.1, 0.15) is 11.8 Å². The number of allylic oxidation sites excluding steroid dienone is 3. The Bertz CT molecular complexity index is 1110. The van der Waals surface area contributed by atoms with E-state index in [1.165, 1.54) is 17.8 Å². The summed E-state index contributed by atoms with van der Waals surface area (Å²) in [4.78, 5) is 18.2. The third kappa shape index (κ3) is 5.04. The van der Waals surface area contributed by atoms with Crippen LogP contribution in [0.3, 0.4) is 0 Å². The molecular formula is C23H26N6O3. The Morgan fingerprint density at radius 2 is 2.12 bits per heavy atom. The van der Waals surface area contributed by atoms with Crippen molar-refractivity contribution in [1.82, 2.24) is 15.0 Å². The Balaban J connectivity index is 1.83. The molecule has 2 heterocycles. The first-order valence-electron chi connectivity index (χ1n) is 10.3. The van der Waals surface area contributed by atoms with E-state index in [1.54, 1.807) is 11.8 Å². The van der Waals surface area contributed by atoms with Crippen LogP contribution in [0.25, 0.3) is 17.0 Å². The van der Waals surface area contributed by atoms with Crippen LogP contribution in [-0.2, 0) is 22.4 Å². The van der Waals surface area contributed by atoms with Crippen LogP contribution < -0.4 is 11.5 Å². The number of fused-ring (bicyclic) bond motifs is 1. The smallest absolute Gasteiger partial charge is 0.259 e. The number of nitriles is 1. The molecule has 2 aromatic rings. The van der Waals surface area contributed by atoms with E-state index in [4.69, 9.17) is 20.7 Å². The van der Waals surface area contributed by atoms with Gasteiger partial charge in [-0.1, -0.05) is 23.9 Å². The number of rotatable bonds is 7. The summed E-state index contributed by atoms with van der Waals surface area (Å²) >= 11 is 0. The van der Waals surface area contributed by atoms with Gasteiger partial charge in [0.05, 0.1) is 24.3 Å². The van der Waals surface area contributed by atoms with E-state index in [-0.39, 0.29) is 29.7 Å². The maximum Gasteiger partial charge on any atom is 0.259 e. The molecule has 1 aliphatic heterocycles. The highest BCUT2D eigenvalue weighted by Gasteiger charge is 2.19. The summed E-state index contributed by atoms with van der Waals surface area (Å²) in [5.41, 5.74) is 14.9. The van der Waals surface area contributed by atoms with Crippen LogP contribution in [0.4, 0.5) is 0 Å². The summed E-state index contributed by atoms with van der Waals surface area (Å²) < 4.78 is 10.7. The number of carbonyl (C=O) groups excluding carboxylic acids is 1. The van der Waals surface area contributed by atoms with Gasteiger partial charge in [0.15, 0.2) is 0 Å². The Labute approximate surface area is 186 Å². The summed E-state index contributed by atoms with van der Waals surface area (Å²) in [5, 5.41) is 13.4. The van der Waals surface area contributed by atoms with Crippen molar-refractivity contribution >= 4 is 11.5 Å². The minimum Gasteiger partial charge on any atom is -0.493 e. The lowest BCUT2D eigenvalue weighted by molar-refractivity contribution is -0.129. The lowest BCUT2D eigenvalue weighted by atomic mass is 10.00. The second-order valence-corrected chi connectivity index (χ2v) is 7.14. The molecule has 4 N–H and O–H groups in total. The van der Waals surface area contributed by atoms with Crippen LogP contribution in [0.1, 0.15) is 23.9 Å². The van der Waals surface area contributed by atoms with E-state index in [1.807, 2.05) is 24.3 Å². The number of hydrogen-bond acceptors (Lipinski definition) is 8. The van der Waals surface area contributed by atoms with E-state index in [9.17, 15) is 10.1 Å². The highest BCUT2D eigenvalue weighted by atomic mass is 16.5. The molecule has 0 saturated carbocycles. The molecule has 3 rings (SSSR count). The topological polar surface area (TPSA) is 144 Å². The zero-order chi connectivity index (χ0) is 23.1. The summed E-state index contributed by atoms with van der Waals surface area (Å²) in [5.74, 6) is 0.770. The summed E-state index contributed by atoms with van der Waals surface area (Å²) in [6, 6.07) is 7.99. The zero-order valence-corrected chi connectivity index (χ0v) is 18.0. The standard InChI is InChI=1S/C23H26N6O3/c1-3-31-15(2)19(12-24)11-20(13-25)23-27-22(28-32-23)18-5-4-16-6-8-29(21(30)14-26)9-7-17(16)10-18/h4-5,10-11,13H,2-3,6-9,14,25-26H2,1H3/b19-11-,20-13+. The van der Waals surface area contributed by atoms with Gasteiger partial charge in [0, 0.05) is 24.9 Å². The third-order valence-corrected chi connectivity index (χ3v) is 5.19. The molecule has 0 atom stereocenters. The minimum absolute atomic E-state index is 0.0180. The van der Waals surface area contributed by atoms with Crippen molar-refractivity contribution in [2.24, 2.45) is 11.5 Å². The molecule has 166 valence electrons. The molecule has 0 bridgehead atoms. The Hall–Kier alpha value is -3.90. The lowest BCUT2D eigenvalue weighted by Crippen LogP contribution is -2.37. The number of nitrogens with two attached hydrogens (primary N) is 2. The highest BCUT2D eigenvalue weighted by Crippen LogP contribution is 2.25. The Kier molecular flexibility index (Phi) is 7.41. The van der Waals surface area contributed by atoms with E-state index in [2.05, 4.69) is 16.7 Å². The number of nitrogens with zero attached hydrogens (tertiary/aromatic N) is 4. The maximum absolute atomic E-state index is 11.9. The van der Waals surface area contributed by atoms with E-state index >= 15 is 0 Å². The molecular weight excluding hydrogens is 408 g/mol. The highest BCUT2D eigenvalue weighted by molar-refractivity contribution is 5.78. The van der Waals surface area contributed by atoms with E-state index < -0.39 is 0 Å². The van der Waals surface area contributed by atoms with Crippen LogP contribution in [0.15, 0.2) is 52.9 Å². The molecule has 0 fully saturated rings. The third-order valence-electron chi connectivity index (χ3n) is 5.19.